The molecule has 4 atom stereocenters. The number of imide groups is 1. The van der Waals surface area contributed by atoms with Gasteiger partial charge in [-0.05, 0) is 53.4 Å². The first kappa shape index (κ1) is 17.2. The third-order valence-corrected chi connectivity index (χ3v) is 7.31. The first-order valence-electron chi connectivity index (χ1n) is 9.89. The second-order valence-electron chi connectivity index (χ2n) is 8.26. The van der Waals surface area contributed by atoms with Crippen LogP contribution in [0.3, 0.4) is 0 Å². The summed E-state index contributed by atoms with van der Waals surface area (Å²) in [6, 6.07) is 22.2. The van der Waals surface area contributed by atoms with Crippen molar-refractivity contribution in [3.05, 3.63) is 99.0 Å². The summed E-state index contributed by atoms with van der Waals surface area (Å²) in [6.07, 6.45) is 0. The van der Waals surface area contributed by atoms with Gasteiger partial charge in [-0.2, -0.15) is 0 Å². The summed E-state index contributed by atoms with van der Waals surface area (Å²) in [5, 5.41) is 0. The number of benzene rings is 3. The Morgan fingerprint density at radius 3 is 1.90 bits per heavy atom. The van der Waals surface area contributed by atoms with E-state index < -0.39 is 0 Å². The SMILES string of the molecule is Cc1ccc2c(c1)[C@H]1c3ccccc3[C@H]2[C@@H]2C(=O)N(c3ccc(Br)cc3)C(=O)[C@H]12. The Labute approximate surface area is 177 Å². The van der Waals surface area contributed by atoms with Gasteiger partial charge < -0.3 is 0 Å². The largest absolute Gasteiger partial charge is 0.274 e. The minimum absolute atomic E-state index is 0.0614. The molecule has 2 bridgehead atoms. The fourth-order valence-electron chi connectivity index (χ4n) is 5.69. The summed E-state index contributed by atoms with van der Waals surface area (Å²) in [5.74, 6) is -0.930. The number of amides is 2. The Balaban J connectivity index is 1.57. The number of aryl methyl sites for hydroxylation is 1. The zero-order chi connectivity index (χ0) is 19.9. The molecule has 0 spiro atoms. The molecule has 0 saturated carbocycles. The maximum absolute atomic E-state index is 13.6. The van der Waals surface area contributed by atoms with Crippen LogP contribution >= 0.6 is 15.9 Å². The van der Waals surface area contributed by atoms with Crippen molar-refractivity contribution in [2.24, 2.45) is 11.8 Å². The topological polar surface area (TPSA) is 37.4 Å². The molecule has 0 unspecified atom stereocenters. The van der Waals surface area contributed by atoms with Crippen LogP contribution in [0, 0.1) is 18.8 Å². The normalized spacial score (nSPS) is 26.3. The highest BCUT2D eigenvalue weighted by Crippen LogP contribution is 2.61. The van der Waals surface area contributed by atoms with E-state index in [0.29, 0.717) is 5.69 Å². The molecule has 142 valence electrons. The average molecular weight is 444 g/mol. The number of carbonyl (C=O) groups excluding carboxylic acids is 2. The van der Waals surface area contributed by atoms with Gasteiger partial charge in [-0.3, -0.25) is 9.59 Å². The Bertz CT molecular complexity index is 1200. The molecule has 2 amide bonds. The van der Waals surface area contributed by atoms with Crippen molar-refractivity contribution in [2.45, 2.75) is 18.8 Å². The molecule has 7 rings (SSSR count). The van der Waals surface area contributed by atoms with E-state index in [0.717, 1.165) is 4.47 Å². The summed E-state index contributed by atoms with van der Waals surface area (Å²) in [7, 11) is 0. The van der Waals surface area contributed by atoms with Crippen molar-refractivity contribution in [3.63, 3.8) is 0 Å². The molecule has 1 aliphatic heterocycles. The number of rotatable bonds is 1. The highest BCUT2D eigenvalue weighted by atomic mass is 79.9. The number of anilines is 1. The first-order chi connectivity index (χ1) is 14.1. The highest BCUT2D eigenvalue weighted by Gasteiger charge is 2.61. The standard InChI is InChI=1S/C25H18BrNO2/c1-13-6-11-18-19(12-13)21-17-5-3-2-4-16(17)20(18)22-23(21)25(29)27(24(22)28)15-9-7-14(26)8-10-15/h2-12,20-23H,1H3/t20-,21-,22+,23-/m1/s1. The van der Waals surface area contributed by atoms with Crippen LogP contribution in [0.5, 0.6) is 0 Å². The minimum atomic E-state index is -0.333. The summed E-state index contributed by atoms with van der Waals surface area (Å²) in [6.45, 7) is 2.09. The van der Waals surface area contributed by atoms with Crippen molar-refractivity contribution in [1.82, 2.24) is 0 Å². The summed E-state index contributed by atoms with van der Waals surface area (Å²) >= 11 is 3.43. The monoisotopic (exact) mass is 443 g/mol. The summed E-state index contributed by atoms with van der Waals surface area (Å²) in [5.41, 5.74) is 6.67. The molecule has 1 saturated heterocycles. The van der Waals surface area contributed by atoms with Crippen LogP contribution in [0.1, 0.15) is 39.7 Å². The van der Waals surface area contributed by atoms with Crippen LogP contribution in [0.25, 0.3) is 0 Å². The van der Waals surface area contributed by atoms with Gasteiger partial charge in [0.1, 0.15) is 0 Å². The molecule has 4 heteroatoms. The lowest BCUT2D eigenvalue weighted by Gasteiger charge is -2.46. The van der Waals surface area contributed by atoms with Crippen molar-refractivity contribution in [3.8, 4) is 0 Å². The quantitative estimate of drug-likeness (QED) is 0.487. The molecule has 0 aromatic heterocycles. The molecule has 0 N–H and O–H groups in total. The van der Waals surface area contributed by atoms with Gasteiger partial charge in [-0.15, -0.1) is 0 Å². The molecule has 3 nitrogen and oxygen atoms in total. The zero-order valence-corrected chi connectivity index (χ0v) is 17.4. The van der Waals surface area contributed by atoms with E-state index in [1.807, 2.05) is 36.4 Å². The fourth-order valence-corrected chi connectivity index (χ4v) is 5.96. The third-order valence-electron chi connectivity index (χ3n) is 6.78. The second-order valence-corrected chi connectivity index (χ2v) is 9.17. The Morgan fingerprint density at radius 2 is 1.28 bits per heavy atom. The predicted octanol–water partition coefficient (Wildman–Crippen LogP) is 5.15. The van der Waals surface area contributed by atoms with Crippen LogP contribution < -0.4 is 4.90 Å². The van der Waals surface area contributed by atoms with Crippen LogP contribution in [0.2, 0.25) is 0 Å². The predicted molar refractivity (Wildman–Crippen MR) is 115 cm³/mol. The lowest BCUT2D eigenvalue weighted by molar-refractivity contribution is -0.122. The highest BCUT2D eigenvalue weighted by molar-refractivity contribution is 9.10. The third kappa shape index (κ3) is 2.18. The molecular weight excluding hydrogens is 426 g/mol. The van der Waals surface area contributed by atoms with E-state index in [9.17, 15) is 9.59 Å². The van der Waals surface area contributed by atoms with Crippen LogP contribution in [0.4, 0.5) is 5.69 Å². The van der Waals surface area contributed by atoms with Gasteiger partial charge in [0.05, 0.1) is 17.5 Å². The fraction of sp³-hybridized carbons (Fsp3) is 0.200. The van der Waals surface area contributed by atoms with Gasteiger partial charge in [0.15, 0.2) is 0 Å². The smallest absolute Gasteiger partial charge is 0.238 e. The molecule has 3 aromatic rings. The molecule has 3 aliphatic carbocycles. The van der Waals surface area contributed by atoms with E-state index >= 15 is 0 Å². The molecule has 0 radical (unpaired) electrons. The lowest BCUT2D eigenvalue weighted by Crippen LogP contribution is -2.41. The van der Waals surface area contributed by atoms with Crippen LogP contribution in [-0.2, 0) is 9.59 Å². The lowest BCUT2D eigenvalue weighted by atomic mass is 9.55. The maximum atomic E-state index is 13.6. The van der Waals surface area contributed by atoms with E-state index in [2.05, 4.69) is 53.2 Å². The van der Waals surface area contributed by atoms with Gasteiger partial charge in [-0.25, -0.2) is 4.90 Å². The second kappa shape index (κ2) is 5.90. The average Bonchev–Trinajstić information content (AvgIpc) is 2.99. The van der Waals surface area contributed by atoms with Gasteiger partial charge in [-0.1, -0.05) is 64.0 Å². The zero-order valence-electron chi connectivity index (χ0n) is 15.8. The number of hydrogen-bond acceptors (Lipinski definition) is 2. The van der Waals surface area contributed by atoms with E-state index in [4.69, 9.17) is 0 Å². The van der Waals surface area contributed by atoms with Crippen LogP contribution in [0.15, 0.2) is 71.2 Å². The Hall–Kier alpha value is -2.72. The maximum Gasteiger partial charge on any atom is 0.238 e. The Morgan fingerprint density at radius 1 is 0.724 bits per heavy atom. The Kier molecular flexibility index (Phi) is 3.49. The van der Waals surface area contributed by atoms with Crippen LogP contribution in [-0.4, -0.2) is 11.8 Å². The summed E-state index contributed by atoms with van der Waals surface area (Å²) < 4.78 is 0.924. The molecule has 3 aromatic carbocycles. The molecule has 4 aliphatic rings. The van der Waals surface area contributed by atoms with Crippen molar-refractivity contribution in [2.75, 3.05) is 4.90 Å². The van der Waals surface area contributed by atoms with Crippen molar-refractivity contribution >= 4 is 33.4 Å². The van der Waals surface area contributed by atoms with Crippen molar-refractivity contribution < 1.29 is 9.59 Å². The van der Waals surface area contributed by atoms with E-state index in [1.165, 1.54) is 32.7 Å². The number of halogens is 1. The van der Waals surface area contributed by atoms with Crippen molar-refractivity contribution in [1.29, 1.82) is 0 Å². The minimum Gasteiger partial charge on any atom is -0.274 e. The molecule has 29 heavy (non-hydrogen) atoms. The molecule has 1 fully saturated rings. The van der Waals surface area contributed by atoms with Gasteiger partial charge >= 0.3 is 0 Å². The molecular formula is C25H18BrNO2. The van der Waals surface area contributed by atoms with Gasteiger partial charge in [0, 0.05) is 16.3 Å². The summed E-state index contributed by atoms with van der Waals surface area (Å²) in [4.78, 5) is 28.7. The van der Waals surface area contributed by atoms with E-state index in [1.54, 1.807) is 0 Å². The molecule has 1 heterocycles. The van der Waals surface area contributed by atoms with Gasteiger partial charge in [0.2, 0.25) is 11.8 Å². The van der Waals surface area contributed by atoms with E-state index in [-0.39, 0.29) is 35.5 Å². The number of carbonyl (C=O) groups is 2. The number of nitrogens with zero attached hydrogens (tertiary/aromatic N) is 1. The van der Waals surface area contributed by atoms with Gasteiger partial charge in [0.25, 0.3) is 0 Å². The number of hydrogen-bond donors (Lipinski definition) is 0. The first-order valence-corrected chi connectivity index (χ1v) is 10.7.